The monoisotopic (exact) mass is 440 g/mol. The average Bonchev–Trinajstić information content (AvgIpc) is 3.54. The van der Waals surface area contributed by atoms with Crippen LogP contribution in [0, 0.1) is 0 Å². The second-order valence-electron chi connectivity index (χ2n) is 7.21. The fourth-order valence-electron chi connectivity index (χ4n) is 3.46. The summed E-state index contributed by atoms with van der Waals surface area (Å²) in [5.74, 6) is -0.182. The van der Waals surface area contributed by atoms with E-state index in [4.69, 9.17) is 4.74 Å². The predicted octanol–water partition coefficient (Wildman–Crippen LogP) is 4.81. The Labute approximate surface area is 184 Å². The number of thiophene rings is 2. The van der Waals surface area contributed by atoms with Gasteiger partial charge in [-0.25, -0.2) is 0 Å². The topological polar surface area (TPSA) is 58.6 Å². The molecule has 2 amide bonds. The maximum Gasteiger partial charge on any atom is 0.254 e. The van der Waals surface area contributed by atoms with Gasteiger partial charge in [-0.05, 0) is 60.4 Å². The Morgan fingerprint density at radius 3 is 2.57 bits per heavy atom. The van der Waals surface area contributed by atoms with Crippen LogP contribution in [0.3, 0.4) is 0 Å². The van der Waals surface area contributed by atoms with Gasteiger partial charge in [0.1, 0.15) is 6.10 Å². The summed E-state index contributed by atoms with van der Waals surface area (Å²) in [6, 6.07) is 15.3. The van der Waals surface area contributed by atoms with Crippen LogP contribution in [0.25, 0.3) is 0 Å². The van der Waals surface area contributed by atoms with Crippen molar-refractivity contribution in [3.8, 4) is 0 Å². The van der Waals surface area contributed by atoms with E-state index >= 15 is 0 Å². The van der Waals surface area contributed by atoms with Crippen molar-refractivity contribution in [1.82, 2.24) is 4.90 Å². The molecule has 1 fully saturated rings. The molecule has 5 nitrogen and oxygen atoms in total. The molecule has 0 spiro atoms. The first kappa shape index (κ1) is 20.8. The first-order valence-electron chi connectivity index (χ1n) is 10.1. The minimum absolute atomic E-state index is 0.0341. The Kier molecular flexibility index (Phi) is 6.94. The molecule has 0 saturated carbocycles. The van der Waals surface area contributed by atoms with Gasteiger partial charge in [0.15, 0.2) is 0 Å². The molecule has 1 saturated heterocycles. The van der Waals surface area contributed by atoms with Gasteiger partial charge in [0, 0.05) is 34.2 Å². The van der Waals surface area contributed by atoms with Crippen molar-refractivity contribution in [1.29, 1.82) is 0 Å². The van der Waals surface area contributed by atoms with Crippen LogP contribution in [0.5, 0.6) is 0 Å². The highest BCUT2D eigenvalue weighted by Gasteiger charge is 2.24. The summed E-state index contributed by atoms with van der Waals surface area (Å²) < 4.78 is 5.44. The predicted molar refractivity (Wildman–Crippen MR) is 121 cm³/mol. The Morgan fingerprint density at radius 2 is 1.87 bits per heavy atom. The minimum atomic E-state index is -0.398. The van der Waals surface area contributed by atoms with Crippen molar-refractivity contribution in [3.05, 3.63) is 74.6 Å². The van der Waals surface area contributed by atoms with E-state index in [1.165, 1.54) is 4.88 Å². The van der Waals surface area contributed by atoms with E-state index < -0.39 is 6.10 Å². The number of ether oxygens (including phenoxy) is 1. The number of hydrogen-bond acceptors (Lipinski definition) is 5. The zero-order chi connectivity index (χ0) is 20.8. The van der Waals surface area contributed by atoms with E-state index in [-0.39, 0.29) is 11.8 Å². The van der Waals surface area contributed by atoms with Gasteiger partial charge in [-0.1, -0.05) is 18.2 Å². The lowest BCUT2D eigenvalue weighted by molar-refractivity contribution is -0.124. The summed E-state index contributed by atoms with van der Waals surface area (Å²) in [5.41, 5.74) is 1.19. The van der Waals surface area contributed by atoms with Crippen LogP contribution in [-0.2, 0) is 22.5 Å². The highest BCUT2D eigenvalue weighted by atomic mass is 32.1. The lowest BCUT2D eigenvalue weighted by Gasteiger charge is -2.22. The van der Waals surface area contributed by atoms with Crippen LogP contribution in [-0.4, -0.2) is 36.0 Å². The number of carbonyl (C=O) groups excluding carboxylic acids is 2. The van der Waals surface area contributed by atoms with Crippen LogP contribution in [0.2, 0.25) is 0 Å². The quantitative estimate of drug-likeness (QED) is 0.547. The third kappa shape index (κ3) is 5.36. The van der Waals surface area contributed by atoms with E-state index in [1.807, 2.05) is 28.5 Å². The Hall–Kier alpha value is -2.48. The highest BCUT2D eigenvalue weighted by Crippen LogP contribution is 2.20. The second kappa shape index (κ2) is 10.0. The fraction of sp³-hybridized carbons (Fsp3) is 0.304. The molecule has 1 atom stereocenters. The van der Waals surface area contributed by atoms with E-state index in [0.29, 0.717) is 30.9 Å². The Balaban J connectivity index is 1.47. The van der Waals surface area contributed by atoms with Crippen LogP contribution < -0.4 is 5.32 Å². The number of amides is 2. The smallest absolute Gasteiger partial charge is 0.254 e. The molecule has 1 N–H and O–H groups in total. The summed E-state index contributed by atoms with van der Waals surface area (Å²) in [4.78, 5) is 30.0. The molecule has 3 aromatic rings. The van der Waals surface area contributed by atoms with Crippen LogP contribution in [0.15, 0.2) is 59.3 Å². The van der Waals surface area contributed by atoms with Crippen molar-refractivity contribution in [2.75, 3.05) is 18.5 Å². The third-order valence-corrected chi connectivity index (χ3v) is 6.82. The molecule has 7 heteroatoms. The zero-order valence-electron chi connectivity index (χ0n) is 16.6. The summed E-state index contributed by atoms with van der Waals surface area (Å²) in [7, 11) is 0. The molecule has 1 aliphatic rings. The largest absolute Gasteiger partial charge is 0.368 e. The van der Waals surface area contributed by atoms with Gasteiger partial charge in [0.25, 0.3) is 11.8 Å². The normalized spacial score (nSPS) is 15.8. The third-order valence-electron chi connectivity index (χ3n) is 5.02. The summed E-state index contributed by atoms with van der Waals surface area (Å²) in [6.45, 7) is 1.84. The molecule has 3 heterocycles. The number of nitrogens with zero attached hydrogens (tertiary/aromatic N) is 1. The van der Waals surface area contributed by atoms with Crippen molar-refractivity contribution >= 4 is 40.2 Å². The minimum Gasteiger partial charge on any atom is -0.368 e. The van der Waals surface area contributed by atoms with Crippen LogP contribution in [0.1, 0.15) is 33.0 Å². The number of benzene rings is 1. The van der Waals surface area contributed by atoms with Crippen LogP contribution in [0.4, 0.5) is 5.69 Å². The summed E-state index contributed by atoms with van der Waals surface area (Å²) in [6.07, 6.45) is 2.07. The fourth-order valence-corrected chi connectivity index (χ4v) is 4.88. The highest BCUT2D eigenvalue weighted by molar-refractivity contribution is 7.10. The molecule has 1 aliphatic heterocycles. The van der Waals surface area contributed by atoms with E-state index in [9.17, 15) is 9.59 Å². The molecule has 1 aromatic carbocycles. The van der Waals surface area contributed by atoms with Gasteiger partial charge in [-0.3, -0.25) is 9.59 Å². The number of carbonyl (C=O) groups is 2. The summed E-state index contributed by atoms with van der Waals surface area (Å²) >= 11 is 3.36. The molecular weight excluding hydrogens is 416 g/mol. The molecule has 0 radical (unpaired) electrons. The number of rotatable bonds is 8. The SMILES string of the molecule is O=C(Nc1cccc(C(=O)N(CCc2cccs2)Cc2cccs2)c1)C1CCCO1. The maximum absolute atomic E-state index is 13.3. The van der Waals surface area contributed by atoms with Crippen molar-refractivity contribution < 1.29 is 14.3 Å². The van der Waals surface area contributed by atoms with Gasteiger partial charge >= 0.3 is 0 Å². The van der Waals surface area contributed by atoms with Crippen molar-refractivity contribution in [2.24, 2.45) is 0 Å². The van der Waals surface area contributed by atoms with Gasteiger partial charge in [0.05, 0.1) is 6.54 Å². The van der Waals surface area contributed by atoms with Crippen LogP contribution >= 0.6 is 22.7 Å². The van der Waals surface area contributed by atoms with Gasteiger partial charge < -0.3 is 15.0 Å². The molecular formula is C23H24N2O3S2. The molecule has 1 unspecified atom stereocenters. The average molecular weight is 441 g/mol. The molecule has 0 aliphatic carbocycles. The van der Waals surface area contributed by atoms with Crippen molar-refractivity contribution in [3.63, 3.8) is 0 Å². The first-order valence-corrected chi connectivity index (χ1v) is 11.8. The molecule has 156 valence electrons. The first-order chi connectivity index (χ1) is 14.7. The lowest BCUT2D eigenvalue weighted by Crippen LogP contribution is -2.32. The Bertz CT molecular complexity index is 964. The molecule has 4 rings (SSSR count). The number of anilines is 1. The van der Waals surface area contributed by atoms with E-state index in [1.54, 1.807) is 46.9 Å². The molecule has 30 heavy (non-hydrogen) atoms. The van der Waals surface area contributed by atoms with Crippen molar-refractivity contribution in [2.45, 2.75) is 31.9 Å². The zero-order valence-corrected chi connectivity index (χ0v) is 18.2. The molecule has 2 aromatic heterocycles. The van der Waals surface area contributed by atoms with E-state index in [2.05, 4.69) is 16.8 Å². The Morgan fingerprint density at radius 1 is 1.07 bits per heavy atom. The second-order valence-corrected chi connectivity index (χ2v) is 9.27. The maximum atomic E-state index is 13.3. The van der Waals surface area contributed by atoms with Gasteiger partial charge in [-0.2, -0.15) is 0 Å². The number of nitrogens with one attached hydrogen (secondary N) is 1. The molecule has 0 bridgehead atoms. The van der Waals surface area contributed by atoms with Gasteiger partial charge in [0.2, 0.25) is 0 Å². The lowest BCUT2D eigenvalue weighted by atomic mass is 10.1. The van der Waals surface area contributed by atoms with Gasteiger partial charge in [-0.15, -0.1) is 22.7 Å². The van der Waals surface area contributed by atoms with E-state index in [0.717, 1.165) is 24.1 Å². The number of hydrogen-bond donors (Lipinski definition) is 1. The standard InChI is InChI=1S/C23H24N2O3S2/c26-22(21-9-2-12-28-21)24-18-6-1-5-17(15-18)23(27)25(16-20-8-4-14-30-20)11-10-19-7-3-13-29-19/h1,3-8,13-15,21H,2,9-12,16H2,(H,24,26). The summed E-state index contributed by atoms with van der Waals surface area (Å²) in [5, 5.41) is 6.97.